The van der Waals surface area contributed by atoms with E-state index in [0.29, 0.717) is 29.6 Å². The smallest absolute Gasteiger partial charge is 0.255 e. The fraction of sp³-hybridized carbons (Fsp3) is 0.421. The van der Waals surface area contributed by atoms with Crippen molar-refractivity contribution >= 4 is 5.91 Å². The number of carbonyl (C=O) groups is 1. The highest BCUT2D eigenvalue weighted by Crippen LogP contribution is 2.30. The van der Waals surface area contributed by atoms with E-state index in [0.717, 1.165) is 5.76 Å². The van der Waals surface area contributed by atoms with E-state index in [1.807, 2.05) is 13.0 Å². The van der Waals surface area contributed by atoms with E-state index in [2.05, 4.69) is 5.32 Å². The molecule has 1 aliphatic carbocycles. The number of aryl methyl sites for hydroxylation is 1. The Bertz CT molecular complexity index is 716. The quantitative estimate of drug-likeness (QED) is 0.819. The van der Waals surface area contributed by atoms with E-state index in [1.165, 1.54) is 12.8 Å². The zero-order chi connectivity index (χ0) is 17.2. The van der Waals surface area contributed by atoms with Crippen LogP contribution in [0.25, 0.3) is 0 Å². The van der Waals surface area contributed by atoms with E-state index in [1.54, 1.807) is 37.3 Å². The number of benzene rings is 1. The summed E-state index contributed by atoms with van der Waals surface area (Å²) in [5, 5.41) is 13.3. The second-order valence-electron chi connectivity index (χ2n) is 6.62. The van der Waals surface area contributed by atoms with Gasteiger partial charge in [0.1, 0.15) is 22.9 Å². The average molecular weight is 329 g/mol. The molecule has 0 radical (unpaired) electrons. The van der Waals surface area contributed by atoms with E-state index in [9.17, 15) is 9.90 Å². The van der Waals surface area contributed by atoms with E-state index >= 15 is 0 Å². The molecule has 5 heteroatoms. The average Bonchev–Trinajstić information content (AvgIpc) is 3.29. The van der Waals surface area contributed by atoms with Gasteiger partial charge in [0.2, 0.25) is 0 Å². The van der Waals surface area contributed by atoms with E-state index < -0.39 is 5.60 Å². The Balaban J connectivity index is 1.64. The van der Waals surface area contributed by atoms with E-state index in [4.69, 9.17) is 9.15 Å². The lowest BCUT2D eigenvalue weighted by Gasteiger charge is -2.21. The van der Waals surface area contributed by atoms with Crippen LogP contribution in [-0.4, -0.2) is 24.2 Å². The maximum Gasteiger partial charge on any atom is 0.255 e. The van der Waals surface area contributed by atoms with Crippen molar-refractivity contribution in [3.63, 3.8) is 0 Å². The first-order chi connectivity index (χ1) is 11.5. The van der Waals surface area contributed by atoms with Crippen LogP contribution in [0, 0.1) is 12.8 Å². The number of carbonyl (C=O) groups excluding carboxylic acids is 1. The number of hydrogen-bond donors (Lipinski definition) is 2. The molecule has 1 aromatic carbocycles. The highest BCUT2D eigenvalue weighted by Gasteiger charge is 2.28. The summed E-state index contributed by atoms with van der Waals surface area (Å²) in [6, 6.07) is 10.7. The van der Waals surface area contributed by atoms with Crippen LogP contribution in [0.1, 0.15) is 41.6 Å². The van der Waals surface area contributed by atoms with Crippen molar-refractivity contribution in [2.24, 2.45) is 5.92 Å². The van der Waals surface area contributed by atoms with Gasteiger partial charge in [0, 0.05) is 0 Å². The molecule has 0 saturated heterocycles. The van der Waals surface area contributed by atoms with Gasteiger partial charge in [-0.25, -0.2) is 0 Å². The molecule has 1 atom stereocenters. The molecule has 2 aromatic rings. The fourth-order valence-electron chi connectivity index (χ4n) is 2.43. The van der Waals surface area contributed by atoms with Crippen molar-refractivity contribution in [3.05, 3.63) is 53.5 Å². The molecular formula is C19H23NO4. The number of furan rings is 1. The summed E-state index contributed by atoms with van der Waals surface area (Å²) in [4.78, 5) is 12.5. The van der Waals surface area contributed by atoms with Crippen molar-refractivity contribution in [2.45, 2.75) is 32.3 Å². The monoisotopic (exact) mass is 329 g/mol. The molecule has 1 unspecified atom stereocenters. The molecule has 3 rings (SSSR count). The largest absolute Gasteiger partial charge is 0.492 e. The molecule has 24 heavy (non-hydrogen) atoms. The standard InChI is InChI=1S/C19H23NO4/c1-13-7-10-17(24-13)19(2,22)12-20-18(21)15-5-3-4-6-16(15)23-11-14-8-9-14/h3-7,10,14,22H,8-9,11-12H2,1-2H3,(H,20,21). The Labute approximate surface area is 141 Å². The Kier molecular flexibility index (Phi) is 4.62. The third-order valence-corrected chi connectivity index (χ3v) is 4.17. The third kappa shape index (κ3) is 3.97. The van der Waals surface area contributed by atoms with Crippen molar-refractivity contribution < 1.29 is 19.1 Å². The molecule has 0 spiro atoms. The minimum Gasteiger partial charge on any atom is -0.492 e. The van der Waals surface area contributed by atoms with Crippen LogP contribution in [-0.2, 0) is 5.60 Å². The zero-order valence-corrected chi connectivity index (χ0v) is 14.0. The van der Waals surface area contributed by atoms with Gasteiger partial charge in [0.05, 0.1) is 18.7 Å². The van der Waals surface area contributed by atoms with Gasteiger partial charge in [-0.05, 0) is 56.9 Å². The van der Waals surface area contributed by atoms with Crippen molar-refractivity contribution in [1.82, 2.24) is 5.32 Å². The fourth-order valence-corrected chi connectivity index (χ4v) is 2.43. The van der Waals surface area contributed by atoms with Gasteiger partial charge in [-0.1, -0.05) is 12.1 Å². The first-order valence-electron chi connectivity index (χ1n) is 8.25. The first kappa shape index (κ1) is 16.6. The van der Waals surface area contributed by atoms with Crippen LogP contribution < -0.4 is 10.1 Å². The molecule has 5 nitrogen and oxygen atoms in total. The molecule has 1 amide bonds. The molecule has 0 bridgehead atoms. The van der Waals surface area contributed by atoms with Crippen LogP contribution in [0.5, 0.6) is 5.75 Å². The number of aliphatic hydroxyl groups is 1. The molecule has 128 valence electrons. The molecular weight excluding hydrogens is 306 g/mol. The van der Waals surface area contributed by atoms with Gasteiger partial charge in [0.25, 0.3) is 5.91 Å². The molecule has 2 N–H and O–H groups in total. The minimum absolute atomic E-state index is 0.0513. The summed E-state index contributed by atoms with van der Waals surface area (Å²) in [6.45, 7) is 4.12. The first-order valence-corrected chi connectivity index (χ1v) is 8.25. The summed E-state index contributed by atoms with van der Waals surface area (Å²) >= 11 is 0. The molecule has 1 aromatic heterocycles. The Morgan fingerprint density at radius 2 is 2.08 bits per heavy atom. The second kappa shape index (κ2) is 6.69. The number of hydrogen-bond acceptors (Lipinski definition) is 4. The number of amides is 1. The van der Waals surface area contributed by atoms with Crippen LogP contribution in [0.15, 0.2) is 40.8 Å². The Hall–Kier alpha value is -2.27. The SMILES string of the molecule is Cc1ccc(C(C)(O)CNC(=O)c2ccccc2OCC2CC2)o1. The number of rotatable bonds is 7. The minimum atomic E-state index is -1.27. The van der Waals surface area contributed by atoms with Gasteiger partial charge in [-0.2, -0.15) is 0 Å². The van der Waals surface area contributed by atoms with Gasteiger partial charge < -0.3 is 19.6 Å². The van der Waals surface area contributed by atoms with Crippen LogP contribution >= 0.6 is 0 Å². The van der Waals surface area contributed by atoms with E-state index in [-0.39, 0.29) is 12.5 Å². The second-order valence-corrected chi connectivity index (χ2v) is 6.62. The maximum atomic E-state index is 12.5. The predicted molar refractivity (Wildman–Crippen MR) is 90.0 cm³/mol. The summed E-state index contributed by atoms with van der Waals surface area (Å²) in [5.41, 5.74) is -0.794. The molecule has 1 aliphatic rings. The number of para-hydroxylation sites is 1. The Morgan fingerprint density at radius 3 is 2.75 bits per heavy atom. The Morgan fingerprint density at radius 1 is 1.33 bits per heavy atom. The molecule has 0 aliphatic heterocycles. The van der Waals surface area contributed by atoms with Crippen LogP contribution in [0.3, 0.4) is 0 Å². The summed E-state index contributed by atoms with van der Waals surface area (Å²) in [5.74, 6) is 2.07. The molecule has 1 fully saturated rings. The number of nitrogens with one attached hydrogen (secondary N) is 1. The highest BCUT2D eigenvalue weighted by molar-refractivity contribution is 5.96. The maximum absolute atomic E-state index is 12.5. The van der Waals surface area contributed by atoms with Crippen molar-refractivity contribution in [2.75, 3.05) is 13.2 Å². The summed E-state index contributed by atoms with van der Waals surface area (Å²) in [7, 11) is 0. The predicted octanol–water partition coefficient (Wildman–Crippen LogP) is 3.01. The van der Waals surface area contributed by atoms with Gasteiger partial charge in [-0.15, -0.1) is 0 Å². The molecule has 1 heterocycles. The lowest BCUT2D eigenvalue weighted by molar-refractivity contribution is 0.0323. The van der Waals surface area contributed by atoms with Gasteiger partial charge >= 0.3 is 0 Å². The topological polar surface area (TPSA) is 71.7 Å². The molecule has 1 saturated carbocycles. The van der Waals surface area contributed by atoms with Crippen LogP contribution in [0.4, 0.5) is 0 Å². The number of ether oxygens (including phenoxy) is 1. The van der Waals surface area contributed by atoms with Crippen molar-refractivity contribution in [3.8, 4) is 5.75 Å². The lowest BCUT2D eigenvalue weighted by atomic mass is 10.0. The third-order valence-electron chi connectivity index (χ3n) is 4.17. The van der Waals surface area contributed by atoms with Gasteiger partial charge in [-0.3, -0.25) is 4.79 Å². The van der Waals surface area contributed by atoms with Crippen LogP contribution in [0.2, 0.25) is 0 Å². The zero-order valence-electron chi connectivity index (χ0n) is 14.0. The highest BCUT2D eigenvalue weighted by atomic mass is 16.5. The normalized spacial score (nSPS) is 16.5. The lowest BCUT2D eigenvalue weighted by Crippen LogP contribution is -2.38. The summed E-state index contributed by atoms with van der Waals surface area (Å²) < 4.78 is 11.2. The van der Waals surface area contributed by atoms with Crippen molar-refractivity contribution in [1.29, 1.82) is 0 Å². The summed E-state index contributed by atoms with van der Waals surface area (Å²) in [6.07, 6.45) is 2.39. The van der Waals surface area contributed by atoms with Gasteiger partial charge in [0.15, 0.2) is 0 Å².